The van der Waals surface area contributed by atoms with Crippen LogP contribution in [0, 0.1) is 5.92 Å². The summed E-state index contributed by atoms with van der Waals surface area (Å²) in [5.74, 6) is -0.981. The average molecular weight is 195 g/mol. The first-order valence-corrected chi connectivity index (χ1v) is 4.01. The van der Waals surface area contributed by atoms with Gasteiger partial charge in [-0.1, -0.05) is 12.8 Å². The van der Waals surface area contributed by atoms with Gasteiger partial charge in [0.05, 0.1) is 12.0 Å². The zero-order valence-corrected chi connectivity index (χ0v) is 7.97. The van der Waals surface area contributed by atoms with Crippen molar-refractivity contribution in [3.8, 4) is 0 Å². The van der Waals surface area contributed by atoms with Gasteiger partial charge in [-0.05, 0) is 12.8 Å². The van der Waals surface area contributed by atoms with E-state index in [0.717, 1.165) is 25.7 Å². The van der Waals surface area contributed by atoms with Crippen LogP contribution in [-0.4, -0.2) is 24.3 Å². The Morgan fingerprint density at radius 1 is 1.42 bits per heavy atom. The van der Waals surface area contributed by atoms with Crippen molar-refractivity contribution >= 4 is 18.4 Å². The lowest BCUT2D eigenvalue weighted by molar-refractivity contribution is -0.148. The first kappa shape index (κ1) is 11.7. The molecular formula is C8H15ClO3. The minimum atomic E-state index is -0.712. The lowest BCUT2D eigenvalue weighted by Crippen LogP contribution is -2.32. The maximum absolute atomic E-state index is 10.6. The molecule has 0 unspecified atom stereocenters. The van der Waals surface area contributed by atoms with Crippen molar-refractivity contribution in [2.45, 2.75) is 31.8 Å². The van der Waals surface area contributed by atoms with Gasteiger partial charge in [-0.2, -0.15) is 0 Å². The fraction of sp³-hybridized carbons (Fsp3) is 0.875. The first-order chi connectivity index (χ1) is 5.25. The monoisotopic (exact) mass is 194 g/mol. The van der Waals surface area contributed by atoms with E-state index in [1.54, 1.807) is 7.11 Å². The molecule has 1 rings (SSSR count). The molecule has 0 aromatic heterocycles. The molecule has 1 fully saturated rings. The van der Waals surface area contributed by atoms with Gasteiger partial charge in [0.15, 0.2) is 0 Å². The molecule has 0 aromatic carbocycles. The van der Waals surface area contributed by atoms with Crippen molar-refractivity contribution in [1.29, 1.82) is 0 Å². The minimum absolute atomic E-state index is 0. The van der Waals surface area contributed by atoms with E-state index >= 15 is 0 Å². The lowest BCUT2D eigenvalue weighted by Gasteiger charge is -2.26. The molecule has 1 N–H and O–H groups in total. The standard InChI is InChI=1S/C8H14O3.ClH/c1-11-7-5-3-2-4-6(7)8(9)10;/h6-7H,2-5H2,1H3,(H,9,10);1H/t6-,7+;/m1./s1. The zero-order valence-electron chi connectivity index (χ0n) is 7.16. The van der Waals surface area contributed by atoms with Crippen molar-refractivity contribution in [3.63, 3.8) is 0 Å². The fourth-order valence-electron chi connectivity index (χ4n) is 1.66. The molecule has 12 heavy (non-hydrogen) atoms. The number of hydrogen-bond donors (Lipinski definition) is 1. The summed E-state index contributed by atoms with van der Waals surface area (Å²) in [5, 5.41) is 8.76. The largest absolute Gasteiger partial charge is 0.481 e. The van der Waals surface area contributed by atoms with Gasteiger partial charge in [0.2, 0.25) is 0 Å². The van der Waals surface area contributed by atoms with E-state index in [9.17, 15) is 4.79 Å². The summed E-state index contributed by atoms with van der Waals surface area (Å²) >= 11 is 0. The van der Waals surface area contributed by atoms with Crippen molar-refractivity contribution in [2.24, 2.45) is 5.92 Å². The van der Waals surface area contributed by atoms with E-state index in [0.29, 0.717) is 0 Å². The third-order valence-corrected chi connectivity index (χ3v) is 2.32. The second-order valence-corrected chi connectivity index (χ2v) is 3.00. The molecule has 0 amide bonds. The summed E-state index contributed by atoms with van der Waals surface area (Å²) in [5.41, 5.74) is 0. The van der Waals surface area contributed by atoms with Crippen LogP contribution in [0.5, 0.6) is 0 Å². The molecular weight excluding hydrogens is 180 g/mol. The topological polar surface area (TPSA) is 46.5 Å². The van der Waals surface area contributed by atoms with E-state index in [1.807, 2.05) is 0 Å². The Morgan fingerprint density at radius 2 is 2.00 bits per heavy atom. The highest BCUT2D eigenvalue weighted by Crippen LogP contribution is 2.26. The van der Waals surface area contributed by atoms with Crippen LogP contribution in [0.2, 0.25) is 0 Å². The Balaban J connectivity index is 0.00000121. The van der Waals surface area contributed by atoms with Crippen LogP contribution >= 0.6 is 12.4 Å². The minimum Gasteiger partial charge on any atom is -0.481 e. The van der Waals surface area contributed by atoms with E-state index in [4.69, 9.17) is 9.84 Å². The van der Waals surface area contributed by atoms with Crippen molar-refractivity contribution < 1.29 is 14.6 Å². The predicted molar refractivity (Wildman–Crippen MR) is 47.6 cm³/mol. The van der Waals surface area contributed by atoms with Crippen molar-refractivity contribution in [2.75, 3.05) is 7.11 Å². The third kappa shape index (κ3) is 2.64. The summed E-state index contributed by atoms with van der Waals surface area (Å²) in [6.45, 7) is 0. The number of hydrogen-bond acceptors (Lipinski definition) is 2. The van der Waals surface area contributed by atoms with Crippen molar-refractivity contribution in [1.82, 2.24) is 0 Å². The normalized spacial score (nSPS) is 29.1. The Bertz CT molecular complexity index is 149. The van der Waals surface area contributed by atoms with Gasteiger partial charge in [0, 0.05) is 7.11 Å². The van der Waals surface area contributed by atoms with Crippen LogP contribution in [0.1, 0.15) is 25.7 Å². The van der Waals surface area contributed by atoms with Crippen LogP contribution in [0.15, 0.2) is 0 Å². The Hall–Kier alpha value is -0.280. The number of carbonyl (C=O) groups is 1. The predicted octanol–water partition coefficient (Wildman–Crippen LogP) is 1.70. The number of carboxylic acid groups (broad SMARTS) is 1. The summed E-state index contributed by atoms with van der Waals surface area (Å²) in [4.78, 5) is 10.6. The summed E-state index contributed by atoms with van der Waals surface area (Å²) in [6, 6.07) is 0. The summed E-state index contributed by atoms with van der Waals surface area (Å²) < 4.78 is 5.08. The number of aliphatic carboxylic acids is 1. The zero-order chi connectivity index (χ0) is 8.27. The summed E-state index contributed by atoms with van der Waals surface area (Å²) in [7, 11) is 1.59. The number of ether oxygens (including phenoxy) is 1. The highest BCUT2D eigenvalue weighted by Gasteiger charge is 2.30. The van der Waals surface area contributed by atoms with E-state index in [1.165, 1.54) is 0 Å². The second kappa shape index (κ2) is 5.38. The lowest BCUT2D eigenvalue weighted by atomic mass is 9.86. The Labute approximate surface area is 78.5 Å². The molecule has 0 radical (unpaired) electrons. The first-order valence-electron chi connectivity index (χ1n) is 4.01. The van der Waals surface area contributed by atoms with Gasteiger partial charge in [0.25, 0.3) is 0 Å². The molecule has 72 valence electrons. The van der Waals surface area contributed by atoms with E-state index in [-0.39, 0.29) is 24.4 Å². The third-order valence-electron chi connectivity index (χ3n) is 2.32. The van der Waals surface area contributed by atoms with Crippen LogP contribution in [0.3, 0.4) is 0 Å². The molecule has 2 atom stereocenters. The quantitative estimate of drug-likeness (QED) is 0.728. The average Bonchev–Trinajstić information content (AvgIpc) is 2.04. The smallest absolute Gasteiger partial charge is 0.309 e. The highest BCUT2D eigenvalue weighted by atomic mass is 35.5. The number of halogens is 1. The Kier molecular flexibility index (Phi) is 5.25. The molecule has 4 heteroatoms. The number of methoxy groups -OCH3 is 1. The maximum atomic E-state index is 10.6. The molecule has 0 aliphatic heterocycles. The van der Waals surface area contributed by atoms with Crippen LogP contribution < -0.4 is 0 Å². The maximum Gasteiger partial charge on any atom is 0.309 e. The van der Waals surface area contributed by atoms with Crippen LogP contribution in [-0.2, 0) is 9.53 Å². The van der Waals surface area contributed by atoms with Gasteiger partial charge < -0.3 is 9.84 Å². The second-order valence-electron chi connectivity index (χ2n) is 3.00. The van der Waals surface area contributed by atoms with Gasteiger partial charge in [0.1, 0.15) is 0 Å². The van der Waals surface area contributed by atoms with E-state index < -0.39 is 5.97 Å². The molecule has 1 aliphatic rings. The van der Waals surface area contributed by atoms with Crippen LogP contribution in [0.25, 0.3) is 0 Å². The molecule has 0 aromatic rings. The van der Waals surface area contributed by atoms with Gasteiger partial charge >= 0.3 is 5.97 Å². The molecule has 0 spiro atoms. The molecule has 1 saturated carbocycles. The summed E-state index contributed by atoms with van der Waals surface area (Å²) in [6.07, 6.45) is 3.74. The fourth-order valence-corrected chi connectivity index (χ4v) is 1.66. The SMILES string of the molecule is CO[C@H]1CCCC[C@H]1C(=O)O.Cl. The Morgan fingerprint density at radius 3 is 2.42 bits per heavy atom. The molecule has 0 saturated heterocycles. The van der Waals surface area contributed by atoms with Gasteiger partial charge in [-0.15, -0.1) is 12.4 Å². The molecule has 1 aliphatic carbocycles. The molecule has 0 heterocycles. The molecule has 0 bridgehead atoms. The number of carboxylic acids is 1. The molecule has 3 nitrogen and oxygen atoms in total. The van der Waals surface area contributed by atoms with Crippen molar-refractivity contribution in [3.05, 3.63) is 0 Å². The van der Waals surface area contributed by atoms with Crippen LogP contribution in [0.4, 0.5) is 0 Å². The highest BCUT2D eigenvalue weighted by molar-refractivity contribution is 5.85. The van der Waals surface area contributed by atoms with Gasteiger partial charge in [-0.25, -0.2) is 0 Å². The van der Waals surface area contributed by atoms with Gasteiger partial charge in [-0.3, -0.25) is 4.79 Å². The number of rotatable bonds is 2. The van der Waals surface area contributed by atoms with E-state index in [2.05, 4.69) is 0 Å².